The molecule has 0 spiro atoms. The lowest BCUT2D eigenvalue weighted by molar-refractivity contribution is -0.143. The first kappa shape index (κ1) is 17.8. The third-order valence-electron chi connectivity index (χ3n) is 3.21. The van der Waals surface area contributed by atoms with Gasteiger partial charge in [0.15, 0.2) is 11.1 Å². The average molecular weight is 354 g/mol. The summed E-state index contributed by atoms with van der Waals surface area (Å²) in [6.07, 6.45) is -9.81. The zero-order chi connectivity index (χ0) is 18.3. The minimum absolute atomic E-state index is 0.510. The number of rotatable bonds is 2. The highest BCUT2D eigenvalue weighted by molar-refractivity contribution is 6.26. The number of carboxylic acids is 1. The Morgan fingerprint density at radius 2 is 1.75 bits per heavy atom. The zero-order valence-electron chi connectivity index (χ0n) is 11.7. The normalized spacial score (nSPS) is 21.3. The summed E-state index contributed by atoms with van der Waals surface area (Å²) >= 11 is 0. The van der Waals surface area contributed by atoms with Crippen molar-refractivity contribution in [2.75, 3.05) is 0 Å². The first-order valence-electron chi connectivity index (χ1n) is 6.19. The minimum Gasteiger partial charge on any atom is -0.480 e. The second-order valence-electron chi connectivity index (χ2n) is 4.91. The number of hydrogen-bond acceptors (Lipinski definition) is 4. The summed E-state index contributed by atoms with van der Waals surface area (Å²) in [5.74, 6) is -3.46. The van der Waals surface area contributed by atoms with Crippen LogP contribution in [0.3, 0.4) is 0 Å². The van der Waals surface area contributed by atoms with E-state index in [1.807, 2.05) is 0 Å². The number of benzene rings is 1. The zero-order valence-corrected chi connectivity index (χ0v) is 11.7. The molecule has 1 unspecified atom stereocenters. The Bertz CT molecular complexity index is 738. The van der Waals surface area contributed by atoms with E-state index in [-0.39, 0.29) is 0 Å². The smallest absolute Gasteiger partial charge is 0.432 e. The highest BCUT2D eigenvalue weighted by Crippen LogP contribution is 2.38. The van der Waals surface area contributed by atoms with E-state index in [9.17, 15) is 31.1 Å². The van der Waals surface area contributed by atoms with Crippen LogP contribution in [0.5, 0.6) is 5.75 Å². The van der Waals surface area contributed by atoms with E-state index in [1.54, 1.807) is 0 Å². The Morgan fingerprint density at radius 3 is 2.25 bits per heavy atom. The lowest BCUT2D eigenvalue weighted by Gasteiger charge is -2.23. The highest BCUT2D eigenvalue weighted by Gasteiger charge is 2.59. The van der Waals surface area contributed by atoms with Gasteiger partial charge < -0.3 is 9.84 Å². The van der Waals surface area contributed by atoms with Crippen LogP contribution in [0.15, 0.2) is 34.5 Å². The maximum Gasteiger partial charge on any atom is 0.432 e. The summed E-state index contributed by atoms with van der Waals surface area (Å²) in [5.41, 5.74) is -5.62. The molecule has 130 valence electrons. The standard InChI is InChI=1S/C13H8F6N2O3/c1-11(10(22)23)8(13(17,18)19)20-21-9(11)24-7-4-2-3-6(5-7)12(14,15)16/h2-5H,1H3,(H,22,23). The van der Waals surface area contributed by atoms with Gasteiger partial charge >= 0.3 is 18.3 Å². The van der Waals surface area contributed by atoms with Gasteiger partial charge in [0, 0.05) is 0 Å². The van der Waals surface area contributed by atoms with Crippen LogP contribution in [0.2, 0.25) is 0 Å². The second kappa shape index (κ2) is 5.49. The monoisotopic (exact) mass is 354 g/mol. The van der Waals surface area contributed by atoms with Crippen LogP contribution in [-0.2, 0) is 11.0 Å². The predicted octanol–water partition coefficient (Wildman–Crippen LogP) is 3.51. The number of alkyl halides is 6. The number of carboxylic acid groups (broad SMARTS) is 1. The Labute approximate surface area is 130 Å². The minimum atomic E-state index is -5.10. The lowest BCUT2D eigenvalue weighted by Crippen LogP contribution is -2.49. The highest BCUT2D eigenvalue weighted by atomic mass is 19.4. The van der Waals surface area contributed by atoms with Gasteiger partial charge in [-0.3, -0.25) is 4.79 Å². The van der Waals surface area contributed by atoms with Gasteiger partial charge in [-0.25, -0.2) is 0 Å². The number of halogens is 6. The van der Waals surface area contributed by atoms with Crippen LogP contribution < -0.4 is 4.74 Å². The quantitative estimate of drug-likeness (QED) is 0.827. The van der Waals surface area contributed by atoms with Crippen molar-refractivity contribution in [1.29, 1.82) is 0 Å². The molecule has 5 nitrogen and oxygen atoms in total. The summed E-state index contributed by atoms with van der Waals surface area (Å²) in [4.78, 5) is 11.3. The topological polar surface area (TPSA) is 71.2 Å². The summed E-state index contributed by atoms with van der Waals surface area (Å²) < 4.78 is 81.4. The molecule has 24 heavy (non-hydrogen) atoms. The molecule has 0 aliphatic carbocycles. The van der Waals surface area contributed by atoms with Crippen LogP contribution in [0.25, 0.3) is 0 Å². The van der Waals surface area contributed by atoms with E-state index in [0.29, 0.717) is 13.0 Å². The van der Waals surface area contributed by atoms with Crippen LogP contribution in [0.1, 0.15) is 12.5 Å². The molecule has 1 atom stereocenters. The van der Waals surface area contributed by atoms with Crippen LogP contribution in [0, 0.1) is 5.41 Å². The number of nitrogens with zero attached hydrogens (tertiary/aromatic N) is 2. The molecule has 0 bridgehead atoms. The summed E-state index contributed by atoms with van der Waals surface area (Å²) in [7, 11) is 0. The lowest BCUT2D eigenvalue weighted by atomic mass is 9.85. The number of carbonyl (C=O) groups is 1. The maximum absolute atomic E-state index is 12.9. The fourth-order valence-corrected chi connectivity index (χ4v) is 1.90. The number of hydrogen-bond donors (Lipinski definition) is 1. The van der Waals surface area contributed by atoms with Gasteiger partial charge in [0.2, 0.25) is 5.90 Å². The van der Waals surface area contributed by atoms with Crippen LogP contribution in [-0.4, -0.2) is 28.9 Å². The molecule has 11 heteroatoms. The Kier molecular flexibility index (Phi) is 4.07. The van der Waals surface area contributed by atoms with Crippen molar-refractivity contribution in [3.8, 4) is 5.75 Å². The third kappa shape index (κ3) is 3.05. The van der Waals surface area contributed by atoms with E-state index in [2.05, 4.69) is 10.2 Å². The molecule has 1 N–H and O–H groups in total. The molecule has 0 amide bonds. The van der Waals surface area contributed by atoms with Crippen LogP contribution >= 0.6 is 0 Å². The van der Waals surface area contributed by atoms with E-state index >= 15 is 0 Å². The molecule has 0 saturated carbocycles. The van der Waals surface area contributed by atoms with Gasteiger partial charge in [-0.2, -0.15) is 26.3 Å². The fraction of sp³-hybridized carbons (Fsp3) is 0.308. The van der Waals surface area contributed by atoms with Gasteiger partial charge in [0.05, 0.1) is 5.56 Å². The number of ether oxygens (including phenoxy) is 1. The van der Waals surface area contributed by atoms with Gasteiger partial charge in [0.25, 0.3) is 0 Å². The van der Waals surface area contributed by atoms with Gasteiger partial charge in [0.1, 0.15) is 5.75 Å². The first-order chi connectivity index (χ1) is 10.9. The Morgan fingerprint density at radius 1 is 1.12 bits per heavy atom. The molecule has 0 fully saturated rings. The molecule has 1 aliphatic heterocycles. The molecular formula is C13H8F6N2O3. The molecule has 0 aromatic heterocycles. The first-order valence-corrected chi connectivity index (χ1v) is 6.19. The van der Waals surface area contributed by atoms with Crippen molar-refractivity contribution in [1.82, 2.24) is 0 Å². The molecule has 1 aromatic carbocycles. The van der Waals surface area contributed by atoms with Gasteiger partial charge in [-0.15, -0.1) is 10.2 Å². The molecule has 1 aromatic rings. The van der Waals surface area contributed by atoms with E-state index in [0.717, 1.165) is 18.2 Å². The summed E-state index contributed by atoms with van der Waals surface area (Å²) in [6.45, 7) is 0.654. The van der Waals surface area contributed by atoms with Crippen molar-refractivity contribution in [2.45, 2.75) is 19.3 Å². The van der Waals surface area contributed by atoms with Crippen molar-refractivity contribution < 1.29 is 41.0 Å². The van der Waals surface area contributed by atoms with Gasteiger partial charge in [-0.1, -0.05) is 6.07 Å². The van der Waals surface area contributed by atoms with Crippen molar-refractivity contribution in [2.24, 2.45) is 15.6 Å². The SMILES string of the molecule is CC1(C(=O)O)C(Oc2cccc(C(F)(F)F)c2)=NN=C1C(F)(F)F. The van der Waals surface area contributed by atoms with Crippen molar-refractivity contribution >= 4 is 17.6 Å². The van der Waals surface area contributed by atoms with E-state index in [1.165, 1.54) is 0 Å². The van der Waals surface area contributed by atoms with Gasteiger partial charge in [-0.05, 0) is 25.1 Å². The average Bonchev–Trinajstić information content (AvgIpc) is 2.77. The summed E-state index contributed by atoms with van der Waals surface area (Å²) in [5, 5.41) is 14.9. The molecule has 0 saturated heterocycles. The van der Waals surface area contributed by atoms with Crippen molar-refractivity contribution in [3.63, 3.8) is 0 Å². The fourth-order valence-electron chi connectivity index (χ4n) is 1.90. The maximum atomic E-state index is 12.9. The Hall–Kier alpha value is -2.59. The van der Waals surface area contributed by atoms with Crippen molar-refractivity contribution in [3.05, 3.63) is 29.8 Å². The summed E-state index contributed by atoms with van der Waals surface area (Å²) in [6, 6.07) is 3.21. The second-order valence-corrected chi connectivity index (χ2v) is 4.91. The molecule has 1 aliphatic rings. The molecule has 2 rings (SSSR count). The predicted molar refractivity (Wildman–Crippen MR) is 68.7 cm³/mol. The van der Waals surface area contributed by atoms with E-state index in [4.69, 9.17) is 9.84 Å². The Balaban J connectivity index is 2.36. The van der Waals surface area contributed by atoms with Crippen LogP contribution in [0.4, 0.5) is 26.3 Å². The largest absolute Gasteiger partial charge is 0.480 e. The third-order valence-corrected chi connectivity index (χ3v) is 3.21. The number of aliphatic carboxylic acids is 1. The molecular weight excluding hydrogens is 346 g/mol. The molecule has 0 radical (unpaired) electrons. The van der Waals surface area contributed by atoms with E-state index < -0.39 is 46.7 Å². The molecule has 1 heterocycles.